The normalized spacial score (nSPS) is 13.0. The Hall–Kier alpha value is 1.40. The van der Waals surface area contributed by atoms with Gasteiger partial charge in [0.15, 0.2) is 0 Å². The Balaban J connectivity index is -0.000000154. The minimum atomic E-state index is 0. The van der Waals surface area contributed by atoms with Crippen LogP contribution in [0.15, 0.2) is 32.9 Å². The van der Waals surface area contributed by atoms with E-state index in [1.807, 2.05) is 0 Å². The van der Waals surface area contributed by atoms with Gasteiger partial charge in [0.05, 0.1) is 0 Å². The maximum absolute atomic E-state index is 2.45. The zero-order chi connectivity index (χ0) is 14.8. The first-order valence-electron chi connectivity index (χ1n) is 7.49. The molecule has 0 aliphatic heterocycles. The van der Waals surface area contributed by atoms with Crippen molar-refractivity contribution in [3.63, 3.8) is 0 Å². The summed E-state index contributed by atoms with van der Waals surface area (Å²) in [7, 11) is 0.113. The molecule has 0 saturated heterocycles. The summed E-state index contributed by atoms with van der Waals surface area (Å²) in [6, 6.07) is 0. The molecule has 0 aromatic carbocycles. The fourth-order valence-corrected chi connectivity index (χ4v) is 6.24. The summed E-state index contributed by atoms with van der Waals surface area (Å²) in [6.45, 7) is 14.0. The Morgan fingerprint density at radius 3 is 1.82 bits per heavy atom. The summed E-state index contributed by atoms with van der Waals surface area (Å²) in [6.07, 6.45) is 12.7. The molecule has 1 rings (SSSR count). The van der Waals surface area contributed by atoms with Crippen molar-refractivity contribution in [2.75, 3.05) is 0 Å². The monoisotopic (exact) mass is 460 g/mol. The Morgan fingerprint density at radius 2 is 1.64 bits per heavy atom. The van der Waals surface area contributed by atoms with Crippen molar-refractivity contribution in [2.45, 2.75) is 72.1 Å². The van der Waals surface area contributed by atoms with Gasteiger partial charge >= 0.3 is 52.6 Å². The molecule has 0 amide bonds. The molecule has 0 radical (unpaired) electrons. The first-order chi connectivity index (χ1) is 8.93. The van der Waals surface area contributed by atoms with Crippen LogP contribution in [0.2, 0.25) is 0 Å². The maximum atomic E-state index is 2.45. The fourth-order valence-electron chi connectivity index (χ4n) is 2.39. The Kier molecular flexibility index (Phi) is 26.6. The first kappa shape index (κ1) is 31.2. The molecule has 0 spiro atoms. The van der Waals surface area contributed by atoms with Gasteiger partial charge in [0.2, 0.25) is 0 Å². The number of hydrogen-bond donors (Lipinski definition) is 0. The molecule has 0 unspecified atom stereocenters. The van der Waals surface area contributed by atoms with Crippen LogP contribution in [0.3, 0.4) is 0 Å². The molecule has 128 valence electrons. The third-order valence-electron chi connectivity index (χ3n) is 3.02. The third kappa shape index (κ3) is 13.8. The van der Waals surface area contributed by atoms with E-state index >= 15 is 0 Å². The summed E-state index contributed by atoms with van der Waals surface area (Å²) in [5.74, 6) is 0. The van der Waals surface area contributed by atoms with E-state index in [0.29, 0.717) is 0 Å². The van der Waals surface area contributed by atoms with Crippen LogP contribution in [-0.4, -0.2) is 11.3 Å². The second-order valence-corrected chi connectivity index (χ2v) is 10.2. The van der Waals surface area contributed by atoms with Crippen LogP contribution in [0.4, 0.5) is 0 Å². The van der Waals surface area contributed by atoms with Crippen LogP contribution in [0.1, 0.15) is 60.8 Å². The van der Waals surface area contributed by atoms with E-state index in [4.69, 9.17) is 0 Å². The molecule has 0 aromatic heterocycles. The SMILES string of the molecule is CCC=C(CC)P(C(C)C)C(C)C.[Cl-].[Cl-].[Cl-].[Zr+3][C]1=CCC=C1. The van der Waals surface area contributed by atoms with Gasteiger partial charge in [-0.25, -0.2) is 0 Å². The van der Waals surface area contributed by atoms with Gasteiger partial charge in [-0.05, 0) is 29.5 Å². The van der Waals surface area contributed by atoms with E-state index in [-0.39, 0.29) is 45.1 Å². The van der Waals surface area contributed by atoms with Gasteiger partial charge in [0.25, 0.3) is 0 Å². The van der Waals surface area contributed by atoms with Gasteiger partial charge in [-0.1, -0.05) is 55.5 Å². The summed E-state index contributed by atoms with van der Waals surface area (Å²) in [5.41, 5.74) is 1.68. The molecule has 0 atom stereocenters. The van der Waals surface area contributed by atoms with Gasteiger partial charge in [-0.3, -0.25) is 0 Å². The van der Waals surface area contributed by atoms with Gasteiger partial charge in [-0.2, -0.15) is 0 Å². The fraction of sp³-hybridized carbons (Fsp3) is 0.647. The number of hydrogen-bond acceptors (Lipinski definition) is 0. The van der Waals surface area contributed by atoms with Crippen LogP contribution < -0.4 is 37.2 Å². The Bertz CT molecular complexity index is 326. The zero-order valence-corrected chi connectivity index (χ0v) is 20.3. The van der Waals surface area contributed by atoms with Gasteiger partial charge in [-0.15, -0.1) is 0 Å². The quantitative estimate of drug-likeness (QED) is 0.393. The van der Waals surface area contributed by atoms with Crippen LogP contribution >= 0.6 is 7.92 Å². The van der Waals surface area contributed by atoms with Crippen LogP contribution in [-0.2, 0) is 24.7 Å². The second kappa shape index (κ2) is 18.7. The van der Waals surface area contributed by atoms with Gasteiger partial charge < -0.3 is 37.2 Å². The van der Waals surface area contributed by atoms with Crippen LogP contribution in [0.5, 0.6) is 0 Å². The van der Waals surface area contributed by atoms with Crippen molar-refractivity contribution in [3.05, 3.63) is 32.9 Å². The Labute approximate surface area is 173 Å². The van der Waals surface area contributed by atoms with E-state index in [9.17, 15) is 0 Å². The molecule has 0 fully saturated rings. The van der Waals surface area contributed by atoms with E-state index < -0.39 is 0 Å². The second-order valence-electron chi connectivity index (χ2n) is 5.35. The predicted molar refractivity (Wildman–Crippen MR) is 87.7 cm³/mol. The molecule has 0 N–H and O–H groups in total. The van der Waals surface area contributed by atoms with Crippen molar-refractivity contribution in [1.82, 2.24) is 0 Å². The third-order valence-corrected chi connectivity index (χ3v) is 7.32. The van der Waals surface area contributed by atoms with Crippen molar-refractivity contribution in [1.29, 1.82) is 0 Å². The number of allylic oxidation sites excluding steroid dienone is 6. The molecule has 1 aliphatic carbocycles. The van der Waals surface area contributed by atoms with E-state index in [1.54, 1.807) is 5.31 Å². The summed E-state index contributed by atoms with van der Waals surface area (Å²) < 4.78 is 1.49. The molecular formula is C17H30Cl3PZr. The predicted octanol–water partition coefficient (Wildman–Crippen LogP) is -2.62. The average Bonchev–Trinajstić information content (AvgIpc) is 2.79. The van der Waals surface area contributed by atoms with Crippen LogP contribution in [0.25, 0.3) is 0 Å². The van der Waals surface area contributed by atoms with Crippen molar-refractivity contribution >= 4 is 7.92 Å². The molecule has 1 aliphatic rings. The van der Waals surface area contributed by atoms with Crippen molar-refractivity contribution < 1.29 is 61.9 Å². The molecule has 0 saturated carbocycles. The van der Waals surface area contributed by atoms with E-state index in [2.05, 4.69) is 65.8 Å². The van der Waals surface area contributed by atoms with E-state index in [0.717, 1.165) is 11.3 Å². The van der Waals surface area contributed by atoms with Crippen molar-refractivity contribution in [2.24, 2.45) is 0 Å². The van der Waals surface area contributed by atoms with E-state index in [1.165, 1.54) is 47.3 Å². The standard InChI is InChI=1S/C12H25P.C5H5.3ClH.Zr/c1-7-9-12(8-2)13(10(3)4)11(5)6;1-2-4-5-3-1;;;;/h9-11H,7-8H2,1-6H3;1-2,5H,3H2;3*1H;/q;;;;;+3/p-3. The molecule has 5 heteroatoms. The minimum absolute atomic E-state index is 0. The number of halogens is 3. The molecule has 22 heavy (non-hydrogen) atoms. The van der Waals surface area contributed by atoms with Gasteiger partial charge in [0, 0.05) is 0 Å². The summed E-state index contributed by atoms with van der Waals surface area (Å²) >= 11 is 1.54. The Morgan fingerprint density at radius 1 is 1.14 bits per heavy atom. The molecule has 0 heterocycles. The summed E-state index contributed by atoms with van der Waals surface area (Å²) in [5, 5.41) is 1.72. The molecule has 0 bridgehead atoms. The topological polar surface area (TPSA) is 0 Å². The van der Waals surface area contributed by atoms with Gasteiger partial charge in [0.1, 0.15) is 0 Å². The summed E-state index contributed by atoms with van der Waals surface area (Å²) in [4.78, 5) is 0. The molecule has 0 aromatic rings. The van der Waals surface area contributed by atoms with Crippen LogP contribution in [0, 0.1) is 0 Å². The van der Waals surface area contributed by atoms with Crippen molar-refractivity contribution in [3.8, 4) is 0 Å². The first-order valence-corrected chi connectivity index (χ1v) is 10.2. The number of rotatable bonds is 5. The zero-order valence-electron chi connectivity index (χ0n) is 14.7. The molecular weight excluding hydrogens is 433 g/mol. The molecule has 0 nitrogen and oxygen atoms in total. The average molecular weight is 463 g/mol.